The van der Waals surface area contributed by atoms with Crippen LogP contribution in [0.3, 0.4) is 0 Å². The van der Waals surface area contributed by atoms with E-state index in [0.717, 1.165) is 0 Å². The molecule has 1 N–H and O–H groups in total. The number of hydrogen-bond acceptors (Lipinski definition) is 4. The van der Waals surface area contributed by atoms with Gasteiger partial charge in [0.25, 0.3) is 5.91 Å². The van der Waals surface area contributed by atoms with E-state index >= 15 is 0 Å². The Kier molecular flexibility index (Phi) is 4.66. The summed E-state index contributed by atoms with van der Waals surface area (Å²) in [4.78, 5) is 16.7. The minimum Gasteiger partial charge on any atom is -0.489 e. The fourth-order valence-electron chi connectivity index (χ4n) is 2.37. The highest BCUT2D eigenvalue weighted by molar-refractivity contribution is 6.30. The van der Waals surface area contributed by atoms with E-state index in [1.54, 1.807) is 54.2 Å². The maximum atomic E-state index is 12.5. The van der Waals surface area contributed by atoms with Crippen molar-refractivity contribution in [3.8, 4) is 5.75 Å². The Bertz CT molecular complexity index is 861. The Morgan fingerprint density at radius 3 is 2.88 bits per heavy atom. The molecule has 0 spiro atoms. The van der Waals surface area contributed by atoms with E-state index in [1.807, 2.05) is 6.92 Å². The van der Waals surface area contributed by atoms with Crippen molar-refractivity contribution in [3.05, 3.63) is 59.0 Å². The minimum absolute atomic E-state index is 0.190. The second-order valence-corrected chi connectivity index (χ2v) is 5.88. The van der Waals surface area contributed by atoms with Crippen molar-refractivity contribution >= 4 is 23.2 Å². The molecule has 0 aliphatic rings. The van der Waals surface area contributed by atoms with E-state index in [2.05, 4.69) is 15.4 Å². The summed E-state index contributed by atoms with van der Waals surface area (Å²) in [5.74, 6) is 0.489. The van der Waals surface area contributed by atoms with Crippen LogP contribution in [0.1, 0.15) is 23.0 Å². The van der Waals surface area contributed by atoms with Gasteiger partial charge < -0.3 is 10.1 Å². The average Bonchev–Trinajstić information content (AvgIpc) is 2.90. The smallest absolute Gasteiger partial charge is 0.257 e. The van der Waals surface area contributed by atoms with Crippen LogP contribution in [-0.2, 0) is 0 Å². The van der Waals surface area contributed by atoms with E-state index < -0.39 is 0 Å². The van der Waals surface area contributed by atoms with Crippen molar-refractivity contribution < 1.29 is 9.53 Å². The van der Waals surface area contributed by atoms with Crippen LogP contribution < -0.4 is 10.1 Å². The van der Waals surface area contributed by atoms with E-state index in [-0.39, 0.29) is 12.0 Å². The first-order valence-electron chi connectivity index (χ1n) is 7.55. The molecule has 2 aromatic heterocycles. The second-order valence-electron chi connectivity index (χ2n) is 5.44. The summed E-state index contributed by atoms with van der Waals surface area (Å²) in [5.41, 5.74) is 1.66. The van der Waals surface area contributed by atoms with E-state index in [0.29, 0.717) is 34.2 Å². The third kappa shape index (κ3) is 3.49. The topological polar surface area (TPSA) is 68.5 Å². The van der Waals surface area contributed by atoms with Crippen molar-refractivity contribution in [2.45, 2.75) is 20.0 Å². The molecule has 3 rings (SSSR count). The minimum atomic E-state index is -0.215. The molecule has 0 radical (unpaired) electrons. The summed E-state index contributed by atoms with van der Waals surface area (Å²) in [7, 11) is 0. The Morgan fingerprint density at radius 2 is 2.12 bits per heavy atom. The van der Waals surface area contributed by atoms with Gasteiger partial charge in [0.15, 0.2) is 5.65 Å². The summed E-state index contributed by atoms with van der Waals surface area (Å²) >= 11 is 5.84. The first kappa shape index (κ1) is 16.3. The third-order valence-corrected chi connectivity index (χ3v) is 3.75. The molecule has 0 aliphatic carbocycles. The lowest BCUT2D eigenvalue weighted by molar-refractivity contribution is 0.0933. The Hall–Kier alpha value is -2.60. The highest BCUT2D eigenvalue weighted by atomic mass is 35.5. The molecule has 7 heteroatoms. The van der Waals surface area contributed by atoms with Crippen molar-refractivity contribution in [1.29, 1.82) is 0 Å². The standard InChI is InChI=1S/C17H17ClN4O2/c1-11(24-14-6-4-13(18)5-7-14)10-20-17(23)15-12(2)21-22-9-3-8-19-16(15)22/h3-9,11H,10H2,1-2H3,(H,20,23)/t11-/m1/s1. The van der Waals surface area contributed by atoms with E-state index in [4.69, 9.17) is 16.3 Å². The first-order valence-corrected chi connectivity index (χ1v) is 7.93. The van der Waals surface area contributed by atoms with Crippen LogP contribution in [0.25, 0.3) is 5.65 Å². The number of rotatable bonds is 5. The predicted octanol–water partition coefficient (Wildman–Crippen LogP) is 2.89. The maximum absolute atomic E-state index is 12.5. The van der Waals surface area contributed by atoms with Crippen LogP contribution in [0.5, 0.6) is 5.75 Å². The summed E-state index contributed by atoms with van der Waals surface area (Å²) in [6.45, 7) is 4.04. The van der Waals surface area contributed by atoms with Crippen molar-refractivity contribution in [3.63, 3.8) is 0 Å². The zero-order valence-corrected chi connectivity index (χ0v) is 14.1. The van der Waals surface area contributed by atoms with Gasteiger partial charge in [-0.15, -0.1) is 0 Å². The molecular formula is C17H17ClN4O2. The molecule has 124 valence electrons. The molecule has 0 bridgehead atoms. The molecule has 24 heavy (non-hydrogen) atoms. The Labute approximate surface area is 144 Å². The number of ether oxygens (including phenoxy) is 1. The average molecular weight is 345 g/mol. The van der Waals surface area contributed by atoms with Gasteiger partial charge in [-0.25, -0.2) is 9.50 Å². The van der Waals surface area contributed by atoms with Crippen LogP contribution >= 0.6 is 11.6 Å². The molecule has 0 fully saturated rings. The fourth-order valence-corrected chi connectivity index (χ4v) is 2.50. The van der Waals surface area contributed by atoms with Gasteiger partial charge in [-0.3, -0.25) is 4.79 Å². The predicted molar refractivity (Wildman–Crippen MR) is 91.6 cm³/mol. The number of carbonyl (C=O) groups is 1. The van der Waals surface area contributed by atoms with Crippen LogP contribution in [-0.4, -0.2) is 33.2 Å². The van der Waals surface area contributed by atoms with Gasteiger partial charge in [0.05, 0.1) is 12.2 Å². The quantitative estimate of drug-likeness (QED) is 0.772. The zero-order valence-electron chi connectivity index (χ0n) is 13.4. The lowest BCUT2D eigenvalue weighted by atomic mass is 10.2. The van der Waals surface area contributed by atoms with Crippen molar-refractivity contribution in [2.75, 3.05) is 6.54 Å². The van der Waals surface area contributed by atoms with Crippen LogP contribution in [0.4, 0.5) is 0 Å². The van der Waals surface area contributed by atoms with Gasteiger partial charge in [-0.1, -0.05) is 11.6 Å². The normalized spacial score (nSPS) is 12.1. The number of nitrogens with one attached hydrogen (secondary N) is 1. The molecule has 2 heterocycles. The van der Waals surface area contributed by atoms with E-state index in [1.165, 1.54) is 0 Å². The van der Waals surface area contributed by atoms with Crippen LogP contribution in [0.15, 0.2) is 42.7 Å². The number of amides is 1. The number of halogens is 1. The largest absolute Gasteiger partial charge is 0.489 e. The molecule has 0 saturated heterocycles. The molecular weight excluding hydrogens is 328 g/mol. The van der Waals surface area contributed by atoms with Gasteiger partial charge in [-0.2, -0.15) is 5.10 Å². The molecule has 0 saturated carbocycles. The number of hydrogen-bond donors (Lipinski definition) is 1. The monoisotopic (exact) mass is 344 g/mol. The third-order valence-electron chi connectivity index (χ3n) is 3.50. The molecule has 3 aromatic rings. The van der Waals surface area contributed by atoms with Gasteiger partial charge in [-0.05, 0) is 44.2 Å². The van der Waals surface area contributed by atoms with Crippen molar-refractivity contribution in [1.82, 2.24) is 19.9 Å². The Morgan fingerprint density at radius 1 is 1.38 bits per heavy atom. The fraction of sp³-hybridized carbons (Fsp3) is 0.235. The molecule has 1 aromatic carbocycles. The van der Waals surface area contributed by atoms with E-state index in [9.17, 15) is 4.79 Å². The number of aryl methyl sites for hydroxylation is 1. The van der Waals surface area contributed by atoms with Gasteiger partial charge in [0, 0.05) is 17.4 Å². The highest BCUT2D eigenvalue weighted by Crippen LogP contribution is 2.17. The molecule has 6 nitrogen and oxygen atoms in total. The summed E-state index contributed by atoms with van der Waals surface area (Å²) in [5, 5.41) is 7.81. The van der Waals surface area contributed by atoms with Crippen LogP contribution in [0.2, 0.25) is 5.02 Å². The first-order chi connectivity index (χ1) is 11.5. The van der Waals surface area contributed by atoms with Gasteiger partial charge in [0.2, 0.25) is 0 Å². The second kappa shape index (κ2) is 6.88. The Balaban J connectivity index is 1.64. The summed E-state index contributed by atoms with van der Waals surface area (Å²) in [6, 6.07) is 8.87. The van der Waals surface area contributed by atoms with Crippen molar-refractivity contribution in [2.24, 2.45) is 0 Å². The van der Waals surface area contributed by atoms with Gasteiger partial charge in [0.1, 0.15) is 17.4 Å². The number of nitrogens with zero attached hydrogens (tertiary/aromatic N) is 3. The lowest BCUT2D eigenvalue weighted by Gasteiger charge is -2.15. The SMILES string of the molecule is Cc1nn2cccnc2c1C(=O)NC[C@@H](C)Oc1ccc(Cl)cc1. The highest BCUT2D eigenvalue weighted by Gasteiger charge is 2.18. The number of benzene rings is 1. The van der Waals surface area contributed by atoms with Gasteiger partial charge >= 0.3 is 0 Å². The number of aromatic nitrogens is 3. The zero-order chi connectivity index (χ0) is 17.1. The molecule has 0 unspecified atom stereocenters. The van der Waals surface area contributed by atoms with Crippen LogP contribution in [0, 0.1) is 6.92 Å². The molecule has 1 amide bonds. The maximum Gasteiger partial charge on any atom is 0.257 e. The number of fused-ring (bicyclic) bond motifs is 1. The lowest BCUT2D eigenvalue weighted by Crippen LogP contribution is -2.33. The summed E-state index contributed by atoms with van der Waals surface area (Å²) < 4.78 is 7.34. The summed E-state index contributed by atoms with van der Waals surface area (Å²) in [6.07, 6.45) is 3.21. The number of carbonyl (C=O) groups excluding carboxylic acids is 1. The molecule has 1 atom stereocenters. The molecule has 0 aliphatic heterocycles.